The first-order chi connectivity index (χ1) is 14.6. The summed E-state index contributed by atoms with van der Waals surface area (Å²) < 4.78 is 0. The van der Waals surface area contributed by atoms with Gasteiger partial charge >= 0.3 is 0 Å². The van der Waals surface area contributed by atoms with Crippen molar-refractivity contribution in [3.05, 3.63) is 79.3 Å². The third-order valence-corrected chi connectivity index (χ3v) is 5.31. The lowest BCUT2D eigenvalue weighted by atomic mass is 9.90. The van der Waals surface area contributed by atoms with Gasteiger partial charge in [0.1, 0.15) is 6.29 Å². The highest BCUT2D eigenvalue weighted by Gasteiger charge is 2.20. The molecule has 2 aromatic rings. The largest absolute Gasteiger partial charge is 0.411 e. The van der Waals surface area contributed by atoms with Gasteiger partial charge in [0.2, 0.25) is 0 Å². The van der Waals surface area contributed by atoms with Gasteiger partial charge in [0.15, 0.2) is 0 Å². The molecule has 0 spiro atoms. The third kappa shape index (κ3) is 10.1. The molecule has 0 radical (unpaired) electrons. The van der Waals surface area contributed by atoms with Gasteiger partial charge in [0.05, 0.1) is 15.8 Å². The van der Waals surface area contributed by atoms with E-state index in [1.807, 2.05) is 45.0 Å². The van der Waals surface area contributed by atoms with E-state index >= 15 is 0 Å². The van der Waals surface area contributed by atoms with Crippen LogP contribution in [0.25, 0.3) is 0 Å². The fourth-order valence-electron chi connectivity index (χ4n) is 2.73. The minimum atomic E-state index is -0.0259. The summed E-state index contributed by atoms with van der Waals surface area (Å²) >= 11 is 23.3. The number of benzene rings is 2. The normalized spacial score (nSPS) is 12.1. The molecule has 1 N–H and O–H groups in total. The number of halogens is 4. The smallest absolute Gasteiger partial charge is 0.150 e. The van der Waals surface area contributed by atoms with Crippen molar-refractivity contribution >= 4 is 58.4 Å². The number of aldehydes is 1. The van der Waals surface area contributed by atoms with Crippen molar-refractivity contribution in [3.63, 3.8) is 0 Å². The maximum atomic E-state index is 10.2. The van der Waals surface area contributed by atoms with Gasteiger partial charge < -0.3 is 10.1 Å². The number of hydrogen-bond donors (Lipinski definition) is 1. The Kier molecular flexibility index (Phi) is 12.2. The molecule has 2 aromatic carbocycles. The molecule has 0 saturated heterocycles. The van der Waals surface area contributed by atoms with Gasteiger partial charge in [-0.15, -0.1) is 0 Å². The third-order valence-electron chi connectivity index (χ3n) is 4.14. The van der Waals surface area contributed by atoms with Gasteiger partial charge in [0.25, 0.3) is 0 Å². The van der Waals surface area contributed by atoms with Crippen molar-refractivity contribution < 1.29 is 10.0 Å². The van der Waals surface area contributed by atoms with Crippen LogP contribution < -0.4 is 0 Å². The van der Waals surface area contributed by atoms with E-state index in [1.54, 1.807) is 24.3 Å². The fraction of sp³-hybridized carbons (Fsp3) is 0.304. The minimum Gasteiger partial charge on any atom is -0.411 e. The number of hydrogen-bond acceptors (Lipinski definition) is 4. The Morgan fingerprint density at radius 1 is 1.03 bits per heavy atom. The Labute approximate surface area is 204 Å². The maximum absolute atomic E-state index is 10.2. The standard InChI is InChI=1S/C16H22Cl2N2O.C7H4Cl2O/c1-11(2)5-7-13(16(19-21)10-20(3)4)12-6-8-14(17)15(18)9-12;8-6-1-5(4-10)2-7(9)3-6/h5-6,8-9,13,21H,7,10H2,1-4H3;1-4H/b19-16+;. The van der Waals surface area contributed by atoms with Crippen molar-refractivity contribution in [1.82, 2.24) is 4.90 Å². The van der Waals surface area contributed by atoms with E-state index in [1.165, 1.54) is 5.57 Å². The summed E-state index contributed by atoms with van der Waals surface area (Å²) in [4.78, 5) is 12.2. The van der Waals surface area contributed by atoms with E-state index in [4.69, 9.17) is 46.4 Å². The van der Waals surface area contributed by atoms with Crippen LogP contribution >= 0.6 is 46.4 Å². The van der Waals surface area contributed by atoms with Crippen LogP contribution in [-0.4, -0.2) is 42.7 Å². The predicted octanol–water partition coefficient (Wildman–Crippen LogP) is 7.63. The maximum Gasteiger partial charge on any atom is 0.150 e. The number of nitrogens with zero attached hydrogens (tertiary/aromatic N) is 2. The van der Waals surface area contributed by atoms with E-state index in [0.29, 0.717) is 44.2 Å². The fourth-order valence-corrected chi connectivity index (χ4v) is 3.58. The van der Waals surface area contributed by atoms with Crippen LogP contribution in [0.2, 0.25) is 20.1 Å². The summed E-state index contributed by atoms with van der Waals surface area (Å²) in [5.74, 6) is -0.0259. The molecule has 4 nitrogen and oxygen atoms in total. The number of carbonyl (C=O) groups is 1. The summed E-state index contributed by atoms with van der Waals surface area (Å²) in [5, 5.41) is 14.9. The van der Waals surface area contributed by atoms with Crippen LogP contribution in [0, 0.1) is 0 Å². The van der Waals surface area contributed by atoms with Crippen molar-refractivity contribution in [2.24, 2.45) is 5.16 Å². The van der Waals surface area contributed by atoms with E-state index in [9.17, 15) is 10.0 Å². The highest BCUT2D eigenvalue weighted by atomic mass is 35.5. The summed E-state index contributed by atoms with van der Waals surface area (Å²) in [6, 6.07) is 10.2. The molecule has 0 heterocycles. The molecule has 0 aromatic heterocycles. The van der Waals surface area contributed by atoms with Crippen LogP contribution in [0.4, 0.5) is 0 Å². The lowest BCUT2D eigenvalue weighted by Crippen LogP contribution is -2.27. The zero-order valence-electron chi connectivity index (χ0n) is 17.9. The second-order valence-corrected chi connectivity index (χ2v) is 9.08. The summed E-state index contributed by atoms with van der Waals surface area (Å²) in [6.07, 6.45) is 3.60. The van der Waals surface area contributed by atoms with Crippen molar-refractivity contribution in [3.8, 4) is 0 Å². The molecule has 0 aliphatic carbocycles. The van der Waals surface area contributed by atoms with E-state index in [-0.39, 0.29) is 5.92 Å². The predicted molar refractivity (Wildman–Crippen MR) is 133 cm³/mol. The van der Waals surface area contributed by atoms with Gasteiger partial charge in [0, 0.05) is 28.1 Å². The van der Waals surface area contributed by atoms with Gasteiger partial charge in [-0.05, 0) is 70.3 Å². The number of rotatable bonds is 7. The van der Waals surface area contributed by atoms with Gasteiger partial charge in [-0.1, -0.05) is 69.3 Å². The Bertz CT molecular complexity index is 919. The Balaban J connectivity index is 0.000000399. The van der Waals surface area contributed by atoms with Gasteiger partial charge in [-0.3, -0.25) is 4.79 Å². The van der Waals surface area contributed by atoms with Crippen LogP contribution in [-0.2, 0) is 0 Å². The second-order valence-electron chi connectivity index (χ2n) is 7.39. The average Bonchev–Trinajstić information content (AvgIpc) is 2.69. The first-order valence-corrected chi connectivity index (χ1v) is 10.9. The minimum absolute atomic E-state index is 0.0259. The lowest BCUT2D eigenvalue weighted by molar-refractivity contribution is 0.112. The number of allylic oxidation sites excluding steroid dienone is 2. The molecular weight excluding hydrogens is 478 g/mol. The van der Waals surface area contributed by atoms with E-state index < -0.39 is 0 Å². The molecule has 0 aliphatic heterocycles. The molecule has 0 amide bonds. The molecule has 1 unspecified atom stereocenters. The second kappa shape index (κ2) is 13.8. The monoisotopic (exact) mass is 502 g/mol. The van der Waals surface area contributed by atoms with Crippen LogP contribution in [0.3, 0.4) is 0 Å². The van der Waals surface area contributed by atoms with Crippen LogP contribution in [0.5, 0.6) is 0 Å². The van der Waals surface area contributed by atoms with E-state index in [0.717, 1.165) is 12.0 Å². The molecular formula is C23H26Cl4N2O2. The Morgan fingerprint density at radius 2 is 1.65 bits per heavy atom. The number of oxime groups is 1. The van der Waals surface area contributed by atoms with Crippen LogP contribution in [0.1, 0.15) is 42.1 Å². The number of carbonyl (C=O) groups excluding carboxylic acids is 1. The Morgan fingerprint density at radius 3 is 2.10 bits per heavy atom. The van der Waals surface area contributed by atoms with Crippen LogP contribution in [0.15, 0.2) is 53.2 Å². The topological polar surface area (TPSA) is 52.9 Å². The lowest BCUT2D eigenvalue weighted by Gasteiger charge is -2.21. The molecule has 2 rings (SSSR count). The summed E-state index contributed by atoms with van der Waals surface area (Å²) in [6.45, 7) is 4.68. The zero-order valence-corrected chi connectivity index (χ0v) is 20.9. The molecule has 0 bridgehead atoms. The Hall–Kier alpha value is -1.56. The summed E-state index contributed by atoms with van der Waals surface area (Å²) in [7, 11) is 3.88. The van der Waals surface area contributed by atoms with Crippen molar-refractivity contribution in [1.29, 1.82) is 0 Å². The molecule has 168 valence electrons. The highest BCUT2D eigenvalue weighted by molar-refractivity contribution is 6.42. The summed E-state index contributed by atoms with van der Waals surface area (Å²) in [5.41, 5.74) is 3.42. The van der Waals surface area contributed by atoms with Gasteiger partial charge in [-0.2, -0.15) is 0 Å². The molecule has 1 atom stereocenters. The van der Waals surface area contributed by atoms with Crippen molar-refractivity contribution in [2.45, 2.75) is 26.2 Å². The van der Waals surface area contributed by atoms with E-state index in [2.05, 4.69) is 11.2 Å². The molecule has 0 saturated carbocycles. The zero-order chi connectivity index (χ0) is 23.6. The highest BCUT2D eigenvalue weighted by Crippen LogP contribution is 2.30. The molecule has 0 fully saturated rings. The first kappa shape index (κ1) is 27.5. The quantitative estimate of drug-likeness (QED) is 0.139. The first-order valence-electron chi connectivity index (χ1n) is 9.42. The van der Waals surface area contributed by atoms with Crippen molar-refractivity contribution in [2.75, 3.05) is 20.6 Å². The SMILES string of the molecule is CC(C)=CCC(/C(CN(C)C)=N/O)c1ccc(Cl)c(Cl)c1.O=Cc1cc(Cl)cc(Cl)c1. The molecule has 0 aliphatic rings. The average molecular weight is 504 g/mol. The molecule has 31 heavy (non-hydrogen) atoms. The van der Waals surface area contributed by atoms with Gasteiger partial charge in [-0.25, -0.2) is 0 Å². The molecule has 8 heteroatoms.